The molecule has 5 heteroatoms. The summed E-state index contributed by atoms with van der Waals surface area (Å²) in [4.78, 5) is 0. The van der Waals surface area contributed by atoms with Crippen LogP contribution in [-0.4, -0.2) is 9.78 Å². The van der Waals surface area contributed by atoms with E-state index in [2.05, 4.69) is 5.10 Å². The number of nitrogens with two attached hydrogens (primary N) is 1. The highest BCUT2D eigenvalue weighted by atomic mass is 19.2. The Balaban J connectivity index is 2.63. The number of halogens is 2. The highest BCUT2D eigenvalue weighted by Crippen LogP contribution is 2.29. The Morgan fingerprint density at radius 3 is 2.44 bits per heavy atom. The van der Waals surface area contributed by atoms with Crippen LogP contribution in [0.5, 0.6) is 0 Å². The third kappa shape index (κ3) is 1.54. The van der Waals surface area contributed by atoms with Gasteiger partial charge in [-0.15, -0.1) is 0 Å². The minimum absolute atomic E-state index is 0.311. The monoisotopic (exact) mass is 223 g/mol. The molecule has 0 unspecified atom stereocenters. The summed E-state index contributed by atoms with van der Waals surface area (Å²) < 4.78 is 27.5. The number of benzene rings is 1. The van der Waals surface area contributed by atoms with E-state index in [9.17, 15) is 8.78 Å². The maximum atomic E-state index is 13.1. The largest absolute Gasteiger partial charge is 0.382 e. The zero-order valence-corrected chi connectivity index (χ0v) is 8.96. The lowest BCUT2D eigenvalue weighted by Crippen LogP contribution is -1.93. The molecule has 0 saturated heterocycles. The minimum atomic E-state index is -0.889. The number of nitrogens with zero attached hydrogens (tertiary/aromatic N) is 2. The zero-order valence-electron chi connectivity index (χ0n) is 8.96. The van der Waals surface area contributed by atoms with Crippen LogP contribution in [0.2, 0.25) is 0 Å². The van der Waals surface area contributed by atoms with Crippen molar-refractivity contribution in [2.24, 2.45) is 7.05 Å². The van der Waals surface area contributed by atoms with Crippen molar-refractivity contribution in [1.82, 2.24) is 9.78 Å². The van der Waals surface area contributed by atoms with Gasteiger partial charge in [0, 0.05) is 18.3 Å². The van der Waals surface area contributed by atoms with Crippen molar-refractivity contribution in [3.05, 3.63) is 35.5 Å². The van der Waals surface area contributed by atoms with Gasteiger partial charge in [-0.3, -0.25) is 4.68 Å². The van der Waals surface area contributed by atoms with Crippen molar-refractivity contribution < 1.29 is 8.78 Å². The molecule has 0 saturated carbocycles. The predicted octanol–water partition coefficient (Wildman–Crippen LogP) is 2.26. The smallest absolute Gasteiger partial charge is 0.159 e. The van der Waals surface area contributed by atoms with Crippen LogP contribution in [0, 0.1) is 18.6 Å². The van der Waals surface area contributed by atoms with E-state index in [1.54, 1.807) is 11.7 Å². The van der Waals surface area contributed by atoms with Gasteiger partial charge in [0.2, 0.25) is 0 Å². The SMILES string of the molecule is Cc1c(-c2ccc(F)c(F)c2)c(N)nn1C. The summed E-state index contributed by atoms with van der Waals surface area (Å²) in [6, 6.07) is 3.69. The lowest BCUT2D eigenvalue weighted by atomic mass is 10.1. The topological polar surface area (TPSA) is 43.8 Å². The molecule has 2 N–H and O–H groups in total. The molecular formula is C11H11F2N3. The van der Waals surface area contributed by atoms with Crippen LogP contribution in [0.1, 0.15) is 5.69 Å². The average molecular weight is 223 g/mol. The summed E-state index contributed by atoms with van der Waals surface area (Å²) in [6.07, 6.45) is 0. The zero-order chi connectivity index (χ0) is 11.9. The van der Waals surface area contributed by atoms with E-state index >= 15 is 0 Å². The van der Waals surface area contributed by atoms with Gasteiger partial charge in [-0.05, 0) is 24.6 Å². The molecule has 0 aliphatic carbocycles. The molecule has 2 rings (SSSR count). The van der Waals surface area contributed by atoms with Gasteiger partial charge < -0.3 is 5.73 Å². The third-order valence-electron chi connectivity index (χ3n) is 2.57. The first kappa shape index (κ1) is 10.6. The van der Waals surface area contributed by atoms with Crippen LogP contribution in [0.25, 0.3) is 11.1 Å². The summed E-state index contributed by atoms with van der Waals surface area (Å²) in [7, 11) is 1.75. The first-order valence-electron chi connectivity index (χ1n) is 4.75. The van der Waals surface area contributed by atoms with Crippen LogP contribution < -0.4 is 5.73 Å². The summed E-state index contributed by atoms with van der Waals surface area (Å²) in [6.45, 7) is 1.82. The molecule has 0 fully saturated rings. The fourth-order valence-corrected chi connectivity index (χ4v) is 1.64. The van der Waals surface area contributed by atoms with Crippen LogP contribution in [0.15, 0.2) is 18.2 Å². The van der Waals surface area contributed by atoms with E-state index in [1.165, 1.54) is 6.07 Å². The van der Waals surface area contributed by atoms with Crippen LogP contribution in [-0.2, 0) is 7.05 Å². The molecule has 84 valence electrons. The molecule has 0 spiro atoms. The number of aromatic nitrogens is 2. The Labute approximate surface area is 91.5 Å². The molecule has 2 aromatic rings. The van der Waals surface area contributed by atoms with Crippen molar-refractivity contribution in [2.75, 3.05) is 5.73 Å². The number of nitrogen functional groups attached to an aromatic ring is 1. The van der Waals surface area contributed by atoms with Crippen molar-refractivity contribution in [2.45, 2.75) is 6.92 Å². The lowest BCUT2D eigenvalue weighted by molar-refractivity contribution is 0.509. The van der Waals surface area contributed by atoms with E-state index in [0.717, 1.165) is 17.8 Å². The van der Waals surface area contributed by atoms with Crippen molar-refractivity contribution in [3.8, 4) is 11.1 Å². The van der Waals surface area contributed by atoms with Crippen LogP contribution in [0.3, 0.4) is 0 Å². The first-order valence-corrected chi connectivity index (χ1v) is 4.75. The van der Waals surface area contributed by atoms with Gasteiger partial charge in [0.1, 0.15) is 0 Å². The second-order valence-electron chi connectivity index (χ2n) is 3.60. The molecule has 0 amide bonds. The van der Waals surface area contributed by atoms with Gasteiger partial charge in [-0.2, -0.15) is 5.10 Å². The predicted molar refractivity (Wildman–Crippen MR) is 57.7 cm³/mol. The standard InChI is InChI=1S/C11H11F2N3/c1-6-10(11(14)15-16(6)2)7-3-4-8(12)9(13)5-7/h3-5H,1-2H3,(H2,14,15). The lowest BCUT2D eigenvalue weighted by Gasteiger charge is -2.02. The molecule has 0 bridgehead atoms. The highest BCUT2D eigenvalue weighted by Gasteiger charge is 2.14. The maximum absolute atomic E-state index is 13.1. The summed E-state index contributed by atoms with van der Waals surface area (Å²) in [5.74, 6) is -1.45. The molecule has 1 aromatic heterocycles. The fraction of sp³-hybridized carbons (Fsp3) is 0.182. The Kier molecular flexibility index (Phi) is 2.38. The summed E-state index contributed by atoms with van der Waals surface area (Å²) in [5.41, 5.74) is 7.69. The molecule has 0 aliphatic heterocycles. The molecule has 1 aromatic carbocycles. The summed E-state index contributed by atoms with van der Waals surface area (Å²) in [5, 5.41) is 4.02. The highest BCUT2D eigenvalue weighted by molar-refractivity contribution is 5.76. The second-order valence-corrected chi connectivity index (χ2v) is 3.60. The Morgan fingerprint density at radius 1 is 1.25 bits per heavy atom. The normalized spacial score (nSPS) is 10.8. The van der Waals surface area contributed by atoms with Gasteiger partial charge in [0.15, 0.2) is 17.5 Å². The summed E-state index contributed by atoms with van der Waals surface area (Å²) >= 11 is 0. The number of anilines is 1. The molecule has 1 heterocycles. The van der Waals surface area contributed by atoms with E-state index in [4.69, 9.17) is 5.73 Å². The van der Waals surface area contributed by atoms with Gasteiger partial charge in [-0.1, -0.05) is 6.07 Å². The third-order valence-corrected chi connectivity index (χ3v) is 2.57. The molecule has 16 heavy (non-hydrogen) atoms. The Hall–Kier alpha value is -1.91. The van der Waals surface area contributed by atoms with E-state index < -0.39 is 11.6 Å². The van der Waals surface area contributed by atoms with E-state index in [1.807, 2.05) is 6.92 Å². The molecular weight excluding hydrogens is 212 g/mol. The molecule has 0 radical (unpaired) electrons. The van der Waals surface area contributed by atoms with Gasteiger partial charge >= 0.3 is 0 Å². The first-order chi connectivity index (χ1) is 7.50. The van der Waals surface area contributed by atoms with Crippen molar-refractivity contribution >= 4 is 5.82 Å². The number of aryl methyl sites for hydroxylation is 1. The van der Waals surface area contributed by atoms with Crippen LogP contribution in [0.4, 0.5) is 14.6 Å². The molecule has 0 atom stereocenters. The number of rotatable bonds is 1. The minimum Gasteiger partial charge on any atom is -0.382 e. The van der Waals surface area contributed by atoms with Gasteiger partial charge in [0.05, 0.1) is 0 Å². The Bertz CT molecular complexity index is 546. The second kappa shape index (κ2) is 3.59. The van der Waals surface area contributed by atoms with Crippen LogP contribution >= 0.6 is 0 Å². The van der Waals surface area contributed by atoms with Crippen molar-refractivity contribution in [1.29, 1.82) is 0 Å². The van der Waals surface area contributed by atoms with Gasteiger partial charge in [-0.25, -0.2) is 8.78 Å². The van der Waals surface area contributed by atoms with Gasteiger partial charge in [0.25, 0.3) is 0 Å². The number of hydrogen-bond acceptors (Lipinski definition) is 2. The molecule has 3 nitrogen and oxygen atoms in total. The van der Waals surface area contributed by atoms with E-state index in [0.29, 0.717) is 16.9 Å². The molecule has 0 aliphatic rings. The fourth-order valence-electron chi connectivity index (χ4n) is 1.64. The Morgan fingerprint density at radius 2 is 1.94 bits per heavy atom. The average Bonchev–Trinajstić information content (AvgIpc) is 2.47. The number of hydrogen-bond donors (Lipinski definition) is 1. The maximum Gasteiger partial charge on any atom is 0.159 e. The quantitative estimate of drug-likeness (QED) is 0.805. The van der Waals surface area contributed by atoms with E-state index in [-0.39, 0.29) is 0 Å². The van der Waals surface area contributed by atoms with Crippen molar-refractivity contribution in [3.63, 3.8) is 0 Å².